The van der Waals surface area contributed by atoms with E-state index in [9.17, 15) is 45.0 Å². The Bertz CT molecular complexity index is 1390. The molecular weight excluding hydrogens is 571 g/mol. The summed E-state index contributed by atoms with van der Waals surface area (Å²) in [6.07, 6.45) is -0.665. The Kier molecular flexibility index (Phi) is 8.93. The van der Waals surface area contributed by atoms with E-state index in [0.29, 0.717) is 11.2 Å². The van der Waals surface area contributed by atoms with Gasteiger partial charge in [-0.3, -0.25) is 14.5 Å². The third-order valence-electron chi connectivity index (χ3n) is 7.50. The molecule has 0 saturated carbocycles. The number of fused-ring (bicyclic) bond motifs is 1. The van der Waals surface area contributed by atoms with Crippen LogP contribution < -0.4 is 10.6 Å². The molecule has 234 valence electrons. The second-order valence-corrected chi connectivity index (χ2v) is 10.7. The molecule has 0 radical (unpaired) electrons. The zero-order valence-corrected chi connectivity index (χ0v) is 23.7. The topological polar surface area (TPSA) is 212 Å². The molecule has 2 aromatic carbocycles. The lowest BCUT2D eigenvalue weighted by Crippen LogP contribution is -2.56. The van der Waals surface area contributed by atoms with Gasteiger partial charge in [0.2, 0.25) is 5.91 Å². The highest BCUT2D eigenvalue weighted by molar-refractivity contribution is 6.03. The number of benzene rings is 2. The Labute approximate surface area is 245 Å². The van der Waals surface area contributed by atoms with Crippen LogP contribution in [0.25, 0.3) is 0 Å². The van der Waals surface area contributed by atoms with Crippen molar-refractivity contribution in [1.29, 1.82) is 0 Å². The summed E-state index contributed by atoms with van der Waals surface area (Å²) < 4.78 is 20.6. The van der Waals surface area contributed by atoms with Crippen LogP contribution in [-0.4, -0.2) is 96.9 Å². The fraction of sp³-hybridized carbons (Fsp3) is 0.464. The lowest BCUT2D eigenvalue weighted by molar-refractivity contribution is -0.298. The van der Waals surface area contributed by atoms with E-state index in [1.807, 2.05) is 0 Å². The van der Waals surface area contributed by atoms with Gasteiger partial charge in [0.15, 0.2) is 0 Å². The van der Waals surface area contributed by atoms with Crippen LogP contribution in [0.2, 0.25) is 0 Å². The number of carbonyl (C=O) groups excluding carboxylic acids is 3. The van der Waals surface area contributed by atoms with E-state index < -0.39 is 58.2 Å². The molecule has 43 heavy (non-hydrogen) atoms. The maximum Gasteiger partial charge on any atom is 0.281 e. The molecule has 0 aromatic heterocycles. The van der Waals surface area contributed by atoms with Crippen LogP contribution in [0.15, 0.2) is 36.4 Å². The minimum Gasteiger partial charge on any atom is -0.373 e. The first-order valence-corrected chi connectivity index (χ1v) is 13.5. The highest BCUT2D eigenvalue weighted by Crippen LogP contribution is 2.43. The van der Waals surface area contributed by atoms with Crippen molar-refractivity contribution < 1.29 is 54.2 Å². The van der Waals surface area contributed by atoms with Crippen molar-refractivity contribution in [2.24, 2.45) is 0 Å². The summed E-state index contributed by atoms with van der Waals surface area (Å²) in [5.41, 5.74) is -2.49. The fourth-order valence-corrected chi connectivity index (χ4v) is 5.59. The van der Waals surface area contributed by atoms with Gasteiger partial charge in [-0.15, -0.1) is 0 Å². The van der Waals surface area contributed by atoms with E-state index in [1.54, 1.807) is 13.8 Å². The van der Waals surface area contributed by atoms with Gasteiger partial charge >= 0.3 is 0 Å². The van der Waals surface area contributed by atoms with Crippen molar-refractivity contribution in [1.82, 2.24) is 15.1 Å². The smallest absolute Gasteiger partial charge is 0.281 e. The number of halogens is 1. The van der Waals surface area contributed by atoms with E-state index >= 15 is 4.39 Å². The molecule has 0 bridgehead atoms. The van der Waals surface area contributed by atoms with Crippen molar-refractivity contribution in [2.45, 2.75) is 62.7 Å². The number of rotatable bonds is 10. The molecule has 1 fully saturated rings. The molecular formula is C28H35FN4O10. The standard InChI is InChI=1S/C28H35FN4O10/c1-15-13-32(14-16(2)43-15)27(39,40)17-9-10-20(29)19(12-17)26(37,38)31-21-7-4-6-18-23(21)28(41,42)33(25(18)36)22(8-5-11-34)24(35)30-3/h4,6-7,9-12,15-16,22,31,37-42H,5,8,13-14H2,1-3H3,(H,30,35). The molecule has 2 aliphatic rings. The van der Waals surface area contributed by atoms with E-state index in [0.717, 1.165) is 24.3 Å². The Balaban J connectivity index is 1.71. The number of likely N-dealkylation sites (N-methyl/N-ethyl adjacent to an activating group) is 1. The molecule has 2 aromatic rings. The van der Waals surface area contributed by atoms with Gasteiger partial charge < -0.3 is 50.8 Å². The summed E-state index contributed by atoms with van der Waals surface area (Å²) in [6, 6.07) is 4.81. The zero-order chi connectivity index (χ0) is 31.9. The predicted octanol–water partition coefficient (Wildman–Crippen LogP) is -1.12. The highest BCUT2D eigenvalue weighted by atomic mass is 19.1. The zero-order valence-electron chi connectivity index (χ0n) is 23.7. The van der Waals surface area contributed by atoms with E-state index in [1.165, 1.54) is 24.1 Å². The number of nitrogens with zero attached hydrogens (tertiary/aromatic N) is 2. The van der Waals surface area contributed by atoms with Crippen LogP contribution in [0, 0.1) is 5.82 Å². The molecule has 3 unspecified atom stereocenters. The van der Waals surface area contributed by atoms with Crippen molar-refractivity contribution in [2.75, 3.05) is 25.5 Å². The summed E-state index contributed by atoms with van der Waals surface area (Å²) >= 11 is 0. The van der Waals surface area contributed by atoms with Gasteiger partial charge in [-0.1, -0.05) is 6.07 Å². The van der Waals surface area contributed by atoms with Crippen LogP contribution in [-0.2, 0) is 32.1 Å². The Morgan fingerprint density at radius 1 is 1.16 bits per heavy atom. The maximum atomic E-state index is 15.0. The number of morpholine rings is 1. The van der Waals surface area contributed by atoms with Gasteiger partial charge in [0, 0.05) is 37.8 Å². The summed E-state index contributed by atoms with van der Waals surface area (Å²) in [7, 11) is 1.26. The average molecular weight is 607 g/mol. The average Bonchev–Trinajstić information content (AvgIpc) is 3.13. The molecule has 2 aliphatic heterocycles. The van der Waals surface area contributed by atoms with Gasteiger partial charge in [-0.2, -0.15) is 0 Å². The molecule has 4 rings (SSSR count). The van der Waals surface area contributed by atoms with Gasteiger partial charge in [-0.05, 0) is 50.6 Å². The quantitative estimate of drug-likeness (QED) is 0.119. The number of hydrogen-bond acceptors (Lipinski definition) is 12. The summed E-state index contributed by atoms with van der Waals surface area (Å²) in [4.78, 5) is 38.6. The van der Waals surface area contributed by atoms with E-state index in [2.05, 4.69) is 10.6 Å². The van der Waals surface area contributed by atoms with Crippen LogP contribution in [0.5, 0.6) is 0 Å². The van der Waals surface area contributed by atoms with Crippen molar-refractivity contribution in [3.05, 3.63) is 64.5 Å². The summed E-state index contributed by atoms with van der Waals surface area (Å²) in [5.74, 6) is -12.1. The third-order valence-corrected chi connectivity index (χ3v) is 7.50. The molecule has 3 atom stereocenters. The third kappa shape index (κ3) is 5.98. The SMILES string of the molecule is CNC(=O)C(CCC=O)N1C(=O)c2cccc(NC(O)(O)c3cc(C(O)(O)N4CC(C)OC(C)C4)ccc3F)c2C1(O)O. The highest BCUT2D eigenvalue weighted by Gasteiger charge is 2.54. The second-order valence-electron chi connectivity index (χ2n) is 10.7. The van der Waals surface area contributed by atoms with Gasteiger partial charge in [-0.25, -0.2) is 9.29 Å². The first-order chi connectivity index (χ1) is 20.1. The first kappa shape index (κ1) is 32.4. The largest absolute Gasteiger partial charge is 0.373 e. The second kappa shape index (κ2) is 11.9. The lowest BCUT2D eigenvalue weighted by atomic mass is 10.0. The molecule has 15 heteroatoms. The number of hydrogen-bond donors (Lipinski definition) is 8. The summed E-state index contributed by atoms with van der Waals surface area (Å²) in [6.45, 7) is 3.67. The van der Waals surface area contributed by atoms with Crippen LogP contribution in [0.4, 0.5) is 10.1 Å². The molecule has 2 amide bonds. The van der Waals surface area contributed by atoms with Gasteiger partial charge in [0.25, 0.3) is 23.6 Å². The number of aldehydes is 1. The monoisotopic (exact) mass is 606 g/mol. The van der Waals surface area contributed by atoms with Crippen molar-refractivity contribution >= 4 is 23.8 Å². The molecule has 2 heterocycles. The molecule has 0 spiro atoms. The van der Waals surface area contributed by atoms with Crippen LogP contribution in [0.1, 0.15) is 53.7 Å². The number of anilines is 1. The van der Waals surface area contributed by atoms with Crippen molar-refractivity contribution in [3.63, 3.8) is 0 Å². The normalized spacial score (nSPS) is 21.3. The Morgan fingerprint density at radius 2 is 1.81 bits per heavy atom. The Morgan fingerprint density at radius 3 is 2.42 bits per heavy atom. The molecule has 0 aliphatic carbocycles. The van der Waals surface area contributed by atoms with Gasteiger partial charge in [0.05, 0.1) is 28.9 Å². The predicted molar refractivity (Wildman–Crippen MR) is 146 cm³/mol. The lowest BCUT2D eigenvalue weighted by Gasteiger charge is -2.42. The van der Waals surface area contributed by atoms with Crippen LogP contribution >= 0.6 is 0 Å². The van der Waals surface area contributed by atoms with Gasteiger partial charge in [0.1, 0.15) is 18.1 Å². The number of carbonyl (C=O) groups is 3. The number of nitrogens with one attached hydrogen (secondary N) is 2. The Hall–Kier alpha value is -3.54. The summed E-state index contributed by atoms with van der Waals surface area (Å²) in [5, 5.41) is 70.9. The molecule has 14 nitrogen and oxygen atoms in total. The van der Waals surface area contributed by atoms with E-state index in [-0.39, 0.29) is 49.3 Å². The molecule has 1 saturated heterocycles. The first-order valence-electron chi connectivity index (χ1n) is 13.5. The minimum absolute atomic E-state index is 0.103. The number of ether oxygens (including phenoxy) is 1. The maximum absolute atomic E-state index is 15.0. The molecule has 8 N–H and O–H groups in total. The van der Waals surface area contributed by atoms with Crippen LogP contribution in [0.3, 0.4) is 0 Å². The van der Waals surface area contributed by atoms with Crippen molar-refractivity contribution in [3.8, 4) is 0 Å². The minimum atomic E-state index is -3.30. The number of amides is 2. The van der Waals surface area contributed by atoms with E-state index in [4.69, 9.17) is 4.74 Å². The number of aliphatic hydroxyl groups is 6. The fourth-order valence-electron chi connectivity index (χ4n) is 5.59.